The third kappa shape index (κ3) is 5.11. The zero-order chi connectivity index (χ0) is 22.6. The van der Waals surface area contributed by atoms with Crippen LogP contribution in [0.1, 0.15) is 25.3 Å². The van der Waals surface area contributed by atoms with Crippen LogP contribution in [0.4, 0.5) is 5.69 Å². The maximum absolute atomic E-state index is 12.5. The fourth-order valence-corrected chi connectivity index (χ4v) is 4.70. The number of para-hydroxylation sites is 2. The number of carbonyl (C=O) groups is 2. The first-order valence-electron chi connectivity index (χ1n) is 11.1. The average Bonchev–Trinajstić information content (AvgIpc) is 2.81. The molecule has 2 aromatic carbocycles. The smallest absolute Gasteiger partial charge is 0.341 e. The minimum absolute atomic E-state index is 0.00378. The first kappa shape index (κ1) is 22.3. The molecule has 0 bridgehead atoms. The zero-order valence-corrected chi connectivity index (χ0v) is 18.4. The summed E-state index contributed by atoms with van der Waals surface area (Å²) in [6.45, 7) is 5.00. The number of ether oxygens (including phenoxy) is 2. The number of nitrogens with zero attached hydrogens (tertiary/aromatic N) is 2. The zero-order valence-electron chi connectivity index (χ0n) is 18.4. The number of morpholine rings is 1. The largest absolute Gasteiger partial charge is 0.482 e. The second-order valence-corrected chi connectivity index (χ2v) is 8.76. The van der Waals surface area contributed by atoms with Crippen molar-refractivity contribution in [2.45, 2.75) is 31.9 Å². The molecule has 7 heteroatoms. The van der Waals surface area contributed by atoms with E-state index >= 15 is 0 Å². The predicted molar refractivity (Wildman–Crippen MR) is 121 cm³/mol. The third-order valence-corrected chi connectivity index (χ3v) is 6.54. The highest BCUT2D eigenvalue weighted by atomic mass is 16.5. The van der Waals surface area contributed by atoms with Crippen LogP contribution in [0.2, 0.25) is 0 Å². The Hall–Kier alpha value is -2.90. The fourth-order valence-electron chi connectivity index (χ4n) is 4.70. The van der Waals surface area contributed by atoms with Gasteiger partial charge in [-0.15, -0.1) is 0 Å². The molecule has 1 N–H and O–H groups in total. The van der Waals surface area contributed by atoms with Crippen LogP contribution in [0.15, 0.2) is 54.6 Å². The number of benzene rings is 2. The van der Waals surface area contributed by atoms with E-state index in [9.17, 15) is 9.59 Å². The lowest BCUT2D eigenvalue weighted by Gasteiger charge is -2.47. The Morgan fingerprint density at radius 1 is 1.12 bits per heavy atom. The Labute approximate surface area is 188 Å². The molecule has 2 aliphatic rings. The Balaban J connectivity index is 1.37. The molecule has 0 spiro atoms. The van der Waals surface area contributed by atoms with Crippen molar-refractivity contribution in [2.24, 2.45) is 5.92 Å². The molecule has 2 heterocycles. The fraction of sp³-hybridized carbons (Fsp3) is 0.440. The summed E-state index contributed by atoms with van der Waals surface area (Å²) in [5, 5.41) is 8.90. The number of likely N-dealkylation sites (tertiary alicyclic amines) is 1. The quantitative estimate of drug-likeness (QED) is 0.715. The van der Waals surface area contributed by atoms with Crippen LogP contribution in [0.3, 0.4) is 0 Å². The summed E-state index contributed by atoms with van der Waals surface area (Å²) < 4.78 is 11.6. The summed E-state index contributed by atoms with van der Waals surface area (Å²) in [5.74, 6) is 0.00151. The van der Waals surface area contributed by atoms with Crippen LogP contribution in [-0.2, 0) is 20.9 Å². The second kappa shape index (κ2) is 9.71. The van der Waals surface area contributed by atoms with Crippen molar-refractivity contribution in [1.29, 1.82) is 0 Å². The van der Waals surface area contributed by atoms with E-state index in [1.807, 2.05) is 59.5 Å². The molecule has 0 saturated carbocycles. The van der Waals surface area contributed by atoms with Crippen LogP contribution in [0.25, 0.3) is 0 Å². The van der Waals surface area contributed by atoms with Crippen molar-refractivity contribution in [3.63, 3.8) is 0 Å². The molecule has 2 saturated heterocycles. The average molecular weight is 439 g/mol. The molecule has 32 heavy (non-hydrogen) atoms. The predicted octanol–water partition coefficient (Wildman–Crippen LogP) is 3.18. The lowest BCUT2D eigenvalue weighted by Crippen LogP contribution is -2.58. The molecule has 0 aliphatic carbocycles. The molecule has 7 nitrogen and oxygen atoms in total. The van der Waals surface area contributed by atoms with Gasteiger partial charge in [-0.2, -0.15) is 0 Å². The highest BCUT2D eigenvalue weighted by Gasteiger charge is 2.43. The molecule has 1 unspecified atom stereocenters. The monoisotopic (exact) mass is 438 g/mol. The molecule has 4 rings (SSSR count). The van der Waals surface area contributed by atoms with Gasteiger partial charge in [-0.1, -0.05) is 36.4 Å². The maximum atomic E-state index is 12.5. The van der Waals surface area contributed by atoms with Crippen LogP contribution >= 0.6 is 0 Å². The van der Waals surface area contributed by atoms with E-state index in [2.05, 4.69) is 11.8 Å². The van der Waals surface area contributed by atoms with Crippen LogP contribution in [-0.4, -0.2) is 60.3 Å². The van der Waals surface area contributed by atoms with Gasteiger partial charge in [0.05, 0.1) is 12.1 Å². The number of anilines is 1. The van der Waals surface area contributed by atoms with Gasteiger partial charge < -0.3 is 19.5 Å². The Morgan fingerprint density at radius 2 is 1.81 bits per heavy atom. The van der Waals surface area contributed by atoms with E-state index in [1.165, 1.54) is 0 Å². The van der Waals surface area contributed by atoms with Crippen molar-refractivity contribution < 1.29 is 24.2 Å². The Bertz CT molecular complexity index is 942. The van der Waals surface area contributed by atoms with E-state index in [-0.39, 0.29) is 24.7 Å². The Morgan fingerprint density at radius 3 is 2.53 bits per heavy atom. The van der Waals surface area contributed by atoms with Crippen molar-refractivity contribution in [3.8, 4) is 5.75 Å². The van der Waals surface area contributed by atoms with Gasteiger partial charge >= 0.3 is 5.97 Å². The summed E-state index contributed by atoms with van der Waals surface area (Å²) in [6, 6.07) is 17.4. The van der Waals surface area contributed by atoms with Crippen LogP contribution in [0.5, 0.6) is 5.75 Å². The van der Waals surface area contributed by atoms with Gasteiger partial charge in [0.15, 0.2) is 6.61 Å². The third-order valence-electron chi connectivity index (χ3n) is 6.54. The van der Waals surface area contributed by atoms with Crippen molar-refractivity contribution in [3.05, 3.63) is 60.2 Å². The van der Waals surface area contributed by atoms with Gasteiger partial charge in [0, 0.05) is 17.8 Å². The molecule has 2 aromatic rings. The molecule has 170 valence electrons. The standard InChI is InChI=1S/C25H30N2O5/c1-25(18-27(23(28)16-32-25)21-8-3-2-4-9-21)20-11-13-26(14-12-20)15-19-7-5-6-10-22(19)31-17-24(29)30/h2-10,20H,11-18H2,1H3,(H,29,30). The minimum Gasteiger partial charge on any atom is -0.482 e. The van der Waals surface area contributed by atoms with Gasteiger partial charge in [0.2, 0.25) is 0 Å². The minimum atomic E-state index is -0.982. The van der Waals surface area contributed by atoms with Crippen molar-refractivity contribution >= 4 is 17.6 Å². The number of amides is 1. The molecule has 1 amide bonds. The summed E-state index contributed by atoms with van der Waals surface area (Å²) in [4.78, 5) is 27.6. The van der Waals surface area contributed by atoms with Gasteiger partial charge in [-0.05, 0) is 57.0 Å². The van der Waals surface area contributed by atoms with Crippen molar-refractivity contribution in [2.75, 3.05) is 37.7 Å². The molecule has 1 atom stereocenters. The number of hydrogen-bond acceptors (Lipinski definition) is 5. The number of aliphatic carboxylic acids is 1. The maximum Gasteiger partial charge on any atom is 0.341 e. The van der Waals surface area contributed by atoms with E-state index in [4.69, 9.17) is 14.6 Å². The highest BCUT2D eigenvalue weighted by Crippen LogP contribution is 2.36. The molecular weight excluding hydrogens is 408 g/mol. The van der Waals surface area contributed by atoms with E-state index in [1.54, 1.807) is 0 Å². The number of piperidine rings is 1. The highest BCUT2D eigenvalue weighted by molar-refractivity contribution is 5.95. The van der Waals surface area contributed by atoms with Gasteiger partial charge in [-0.3, -0.25) is 9.69 Å². The Kier molecular flexibility index (Phi) is 6.77. The lowest BCUT2D eigenvalue weighted by atomic mass is 9.80. The van der Waals surface area contributed by atoms with E-state index in [0.717, 1.165) is 37.2 Å². The molecule has 2 aliphatic heterocycles. The van der Waals surface area contributed by atoms with Crippen LogP contribution in [0, 0.1) is 5.92 Å². The number of hydrogen-bond donors (Lipinski definition) is 1. The van der Waals surface area contributed by atoms with Gasteiger partial charge in [0.25, 0.3) is 5.91 Å². The topological polar surface area (TPSA) is 79.3 Å². The number of carboxylic acids is 1. The SMILES string of the molecule is CC1(C2CCN(Cc3ccccc3OCC(=O)O)CC2)CN(c2ccccc2)C(=O)CO1. The lowest BCUT2D eigenvalue weighted by molar-refractivity contribution is -0.146. The summed E-state index contributed by atoms with van der Waals surface area (Å²) in [6.07, 6.45) is 1.96. The number of carbonyl (C=O) groups excluding carboxylic acids is 1. The molecule has 0 aromatic heterocycles. The van der Waals surface area contributed by atoms with Gasteiger partial charge in [0.1, 0.15) is 12.4 Å². The second-order valence-electron chi connectivity index (χ2n) is 8.76. The normalized spacial score (nSPS) is 22.7. The van der Waals surface area contributed by atoms with Gasteiger partial charge in [-0.25, -0.2) is 4.79 Å². The number of carboxylic acid groups (broad SMARTS) is 1. The summed E-state index contributed by atoms with van der Waals surface area (Å²) in [5.41, 5.74) is 1.54. The number of rotatable bonds is 7. The molecule has 2 fully saturated rings. The van der Waals surface area contributed by atoms with E-state index < -0.39 is 5.97 Å². The van der Waals surface area contributed by atoms with Crippen molar-refractivity contribution in [1.82, 2.24) is 4.90 Å². The summed E-state index contributed by atoms with van der Waals surface area (Å²) in [7, 11) is 0. The summed E-state index contributed by atoms with van der Waals surface area (Å²) >= 11 is 0. The molecular formula is C25H30N2O5. The van der Waals surface area contributed by atoms with E-state index in [0.29, 0.717) is 24.8 Å². The van der Waals surface area contributed by atoms with Crippen LogP contribution < -0.4 is 9.64 Å². The molecule has 0 radical (unpaired) electrons. The first-order chi connectivity index (χ1) is 15.4. The first-order valence-corrected chi connectivity index (χ1v) is 11.1.